The van der Waals surface area contributed by atoms with Crippen molar-refractivity contribution in [3.05, 3.63) is 47.7 Å². The first-order chi connectivity index (χ1) is 12.9. The van der Waals surface area contributed by atoms with Gasteiger partial charge in [0.05, 0.1) is 17.8 Å². The number of carbonyl (C=O) groups excluding carboxylic acids is 1. The van der Waals surface area contributed by atoms with Gasteiger partial charge in [0, 0.05) is 19.2 Å². The maximum atomic E-state index is 12.3. The molecule has 0 spiro atoms. The summed E-state index contributed by atoms with van der Waals surface area (Å²) in [4.78, 5) is 29.2. The van der Waals surface area contributed by atoms with Crippen LogP contribution in [0.5, 0.6) is 11.6 Å². The van der Waals surface area contributed by atoms with E-state index in [0.29, 0.717) is 37.5 Å². The molecule has 0 unspecified atom stereocenters. The number of likely N-dealkylation sites (tertiary alicyclic amines) is 1. The highest BCUT2D eigenvalue weighted by Crippen LogP contribution is 2.26. The minimum absolute atomic E-state index is 0.246. The molecule has 3 rings (SSSR count). The summed E-state index contributed by atoms with van der Waals surface area (Å²) in [6, 6.07) is 9.03. The number of carboxylic acid groups (broad SMARTS) is 1. The second-order valence-electron chi connectivity index (χ2n) is 6.71. The van der Waals surface area contributed by atoms with Crippen molar-refractivity contribution in [1.82, 2.24) is 9.88 Å². The summed E-state index contributed by atoms with van der Waals surface area (Å²) in [5.41, 5.74) is 2.76. The number of aromatic nitrogens is 1. The number of nitrogens with one attached hydrogen (secondary N) is 1. The molecule has 1 fully saturated rings. The number of pyridine rings is 1. The van der Waals surface area contributed by atoms with Crippen LogP contribution in [0.3, 0.4) is 0 Å². The summed E-state index contributed by atoms with van der Waals surface area (Å²) in [5.74, 6) is 0.0421. The van der Waals surface area contributed by atoms with E-state index in [9.17, 15) is 9.59 Å². The van der Waals surface area contributed by atoms with Gasteiger partial charge in [-0.15, -0.1) is 0 Å². The Kier molecular flexibility index (Phi) is 5.59. The molecule has 27 heavy (non-hydrogen) atoms. The average Bonchev–Trinajstić information content (AvgIpc) is 2.67. The molecule has 1 aromatic heterocycles. The van der Waals surface area contributed by atoms with Crippen molar-refractivity contribution in [3.63, 3.8) is 0 Å². The molecular formula is C20H23N3O4. The summed E-state index contributed by atoms with van der Waals surface area (Å²) in [6.45, 7) is 4.88. The number of carboxylic acids is 1. The van der Waals surface area contributed by atoms with Gasteiger partial charge in [0.2, 0.25) is 5.88 Å². The Labute approximate surface area is 158 Å². The predicted molar refractivity (Wildman–Crippen MR) is 101 cm³/mol. The number of aliphatic carboxylic acids is 1. The van der Waals surface area contributed by atoms with Gasteiger partial charge in [-0.3, -0.25) is 4.79 Å². The van der Waals surface area contributed by atoms with E-state index in [2.05, 4.69) is 10.3 Å². The second-order valence-corrected chi connectivity index (χ2v) is 6.71. The lowest BCUT2D eigenvalue weighted by molar-refractivity contribution is -0.143. The van der Waals surface area contributed by atoms with E-state index in [1.807, 2.05) is 32.0 Å². The van der Waals surface area contributed by atoms with E-state index in [1.54, 1.807) is 23.2 Å². The minimum Gasteiger partial charge on any atom is -0.481 e. The van der Waals surface area contributed by atoms with Crippen LogP contribution in [0.25, 0.3) is 0 Å². The smallest absolute Gasteiger partial charge is 0.321 e. The molecule has 2 heterocycles. The van der Waals surface area contributed by atoms with Crippen LogP contribution >= 0.6 is 0 Å². The highest BCUT2D eigenvalue weighted by atomic mass is 16.5. The average molecular weight is 369 g/mol. The molecule has 7 nitrogen and oxygen atoms in total. The topological polar surface area (TPSA) is 91.8 Å². The van der Waals surface area contributed by atoms with Crippen LogP contribution in [-0.4, -0.2) is 40.1 Å². The number of urea groups is 1. The van der Waals surface area contributed by atoms with Gasteiger partial charge < -0.3 is 20.1 Å². The van der Waals surface area contributed by atoms with Crippen LogP contribution < -0.4 is 10.1 Å². The maximum Gasteiger partial charge on any atom is 0.321 e. The van der Waals surface area contributed by atoms with E-state index in [-0.39, 0.29) is 11.9 Å². The number of hydrogen-bond acceptors (Lipinski definition) is 4. The van der Waals surface area contributed by atoms with Crippen LogP contribution in [-0.2, 0) is 4.79 Å². The molecule has 7 heteroatoms. The van der Waals surface area contributed by atoms with Crippen LogP contribution in [0.4, 0.5) is 10.5 Å². The first-order valence-electron chi connectivity index (χ1n) is 8.93. The number of nitrogens with zero attached hydrogens (tertiary/aromatic N) is 2. The molecule has 1 saturated heterocycles. The Hall–Kier alpha value is -3.09. The van der Waals surface area contributed by atoms with E-state index in [4.69, 9.17) is 9.84 Å². The normalized spacial score (nSPS) is 14.7. The Morgan fingerprint density at radius 1 is 1.19 bits per heavy atom. The monoisotopic (exact) mass is 369 g/mol. The third-order valence-electron chi connectivity index (χ3n) is 4.89. The third kappa shape index (κ3) is 4.55. The van der Waals surface area contributed by atoms with Gasteiger partial charge in [-0.2, -0.15) is 0 Å². The Morgan fingerprint density at radius 3 is 2.56 bits per heavy atom. The number of aryl methyl sites for hydroxylation is 1. The highest BCUT2D eigenvalue weighted by molar-refractivity contribution is 5.89. The summed E-state index contributed by atoms with van der Waals surface area (Å²) in [6.07, 6.45) is 2.50. The van der Waals surface area contributed by atoms with E-state index in [0.717, 1.165) is 16.9 Å². The predicted octanol–water partition coefficient (Wildman–Crippen LogP) is 3.82. The lowest BCUT2D eigenvalue weighted by Crippen LogP contribution is -2.42. The molecule has 0 saturated carbocycles. The molecule has 2 aromatic rings. The number of ether oxygens (including phenoxy) is 1. The lowest BCUT2D eigenvalue weighted by Gasteiger charge is -2.30. The largest absolute Gasteiger partial charge is 0.481 e. The summed E-state index contributed by atoms with van der Waals surface area (Å²) in [7, 11) is 0. The molecule has 0 bridgehead atoms. The number of anilines is 1. The molecule has 142 valence electrons. The molecule has 0 radical (unpaired) electrons. The molecule has 1 aliphatic rings. The van der Waals surface area contributed by atoms with Crippen LogP contribution in [0.15, 0.2) is 36.5 Å². The second kappa shape index (κ2) is 8.07. The van der Waals surface area contributed by atoms with Gasteiger partial charge in [0.1, 0.15) is 5.75 Å². The summed E-state index contributed by atoms with van der Waals surface area (Å²) < 4.78 is 5.81. The fourth-order valence-corrected chi connectivity index (χ4v) is 2.99. The minimum atomic E-state index is -0.793. The van der Waals surface area contributed by atoms with E-state index in [1.165, 1.54) is 0 Å². The van der Waals surface area contributed by atoms with E-state index >= 15 is 0 Å². The van der Waals surface area contributed by atoms with Crippen molar-refractivity contribution in [2.75, 3.05) is 18.4 Å². The first kappa shape index (κ1) is 18.7. The molecule has 1 aromatic carbocycles. The number of piperidine rings is 1. The Balaban J connectivity index is 1.57. The Morgan fingerprint density at radius 2 is 1.93 bits per heavy atom. The van der Waals surface area contributed by atoms with Crippen LogP contribution in [0.2, 0.25) is 0 Å². The van der Waals surface area contributed by atoms with Gasteiger partial charge >= 0.3 is 12.0 Å². The van der Waals surface area contributed by atoms with Crippen molar-refractivity contribution >= 4 is 17.7 Å². The highest BCUT2D eigenvalue weighted by Gasteiger charge is 2.26. The zero-order valence-electron chi connectivity index (χ0n) is 15.4. The number of carbonyl (C=O) groups is 2. The van der Waals surface area contributed by atoms with Crippen molar-refractivity contribution < 1.29 is 19.4 Å². The van der Waals surface area contributed by atoms with Gasteiger partial charge in [0.25, 0.3) is 0 Å². The summed E-state index contributed by atoms with van der Waals surface area (Å²) >= 11 is 0. The standard InChI is InChI=1S/C20H23N3O4/c1-13-4-3-5-17(14(13)2)27-18-7-6-16(12-21-18)22-20(26)23-10-8-15(9-11-23)19(24)25/h3-7,12,15H,8-11H2,1-2H3,(H,22,26)(H,24,25). The molecular weight excluding hydrogens is 346 g/mol. The quantitative estimate of drug-likeness (QED) is 0.855. The first-order valence-corrected chi connectivity index (χ1v) is 8.93. The van der Waals surface area contributed by atoms with E-state index < -0.39 is 5.97 Å². The summed E-state index contributed by atoms with van der Waals surface area (Å²) in [5, 5.41) is 11.8. The number of benzene rings is 1. The molecule has 2 N–H and O–H groups in total. The fourth-order valence-electron chi connectivity index (χ4n) is 2.99. The van der Waals surface area contributed by atoms with Crippen molar-refractivity contribution in [2.24, 2.45) is 5.92 Å². The third-order valence-corrected chi connectivity index (χ3v) is 4.89. The molecule has 2 amide bonds. The maximum absolute atomic E-state index is 12.3. The molecule has 0 aliphatic carbocycles. The van der Waals surface area contributed by atoms with Crippen molar-refractivity contribution in [1.29, 1.82) is 0 Å². The number of amides is 2. The van der Waals surface area contributed by atoms with Gasteiger partial charge in [-0.25, -0.2) is 9.78 Å². The van der Waals surface area contributed by atoms with Gasteiger partial charge in [-0.1, -0.05) is 12.1 Å². The Bertz CT molecular complexity index is 828. The van der Waals surface area contributed by atoms with Crippen molar-refractivity contribution in [2.45, 2.75) is 26.7 Å². The molecule has 1 aliphatic heterocycles. The van der Waals surface area contributed by atoms with Crippen molar-refractivity contribution in [3.8, 4) is 11.6 Å². The SMILES string of the molecule is Cc1cccc(Oc2ccc(NC(=O)N3CCC(C(=O)O)CC3)cn2)c1C. The molecule has 0 atom stereocenters. The van der Waals surface area contributed by atoms with Gasteiger partial charge in [-0.05, 0) is 49.9 Å². The van der Waals surface area contributed by atoms with Crippen LogP contribution in [0, 0.1) is 19.8 Å². The van der Waals surface area contributed by atoms with Gasteiger partial charge in [0.15, 0.2) is 0 Å². The number of hydrogen-bond donors (Lipinski definition) is 2. The zero-order valence-corrected chi connectivity index (χ0v) is 15.4. The zero-order chi connectivity index (χ0) is 19.4. The van der Waals surface area contributed by atoms with Crippen LogP contribution in [0.1, 0.15) is 24.0 Å². The number of rotatable bonds is 4. The fraction of sp³-hybridized carbons (Fsp3) is 0.350. The lowest BCUT2D eigenvalue weighted by atomic mass is 9.97.